The van der Waals surface area contributed by atoms with Crippen LogP contribution in [0.1, 0.15) is 17.2 Å². The molecule has 0 radical (unpaired) electrons. The molecule has 2 aromatic carbocycles. The van der Waals surface area contributed by atoms with Crippen molar-refractivity contribution in [3.63, 3.8) is 0 Å². The first-order valence-corrected chi connectivity index (χ1v) is 7.62. The van der Waals surface area contributed by atoms with Crippen LogP contribution in [-0.4, -0.2) is 40.5 Å². The zero-order valence-corrected chi connectivity index (χ0v) is 13.2. The standard InChI is InChI=1S/C18H19NO5/c1-23-14-9-7-12(8-10-14)11-19-18(22)16(21)15(20)17(24-19)13-5-3-2-4-6-13/h2-10,15-17,20-21H,11H2,1H3/t15-,16+,17+/m0/s1. The SMILES string of the molecule is COc1ccc(CN2O[C@H](c3ccccc3)[C@@H](O)[C@@H](O)C2=O)cc1. The van der Waals surface area contributed by atoms with Crippen LogP contribution in [-0.2, 0) is 16.2 Å². The second-order valence-electron chi connectivity index (χ2n) is 5.60. The summed E-state index contributed by atoms with van der Waals surface area (Å²) in [5.74, 6) is 0.0488. The van der Waals surface area contributed by atoms with Gasteiger partial charge in [0.1, 0.15) is 18.0 Å². The van der Waals surface area contributed by atoms with E-state index in [9.17, 15) is 15.0 Å². The molecule has 1 fully saturated rings. The van der Waals surface area contributed by atoms with Crippen LogP contribution < -0.4 is 4.74 Å². The Labute approximate surface area is 139 Å². The molecule has 24 heavy (non-hydrogen) atoms. The van der Waals surface area contributed by atoms with Gasteiger partial charge in [0.25, 0.3) is 5.91 Å². The number of aliphatic hydroxyl groups excluding tert-OH is 2. The second-order valence-corrected chi connectivity index (χ2v) is 5.60. The molecule has 126 valence electrons. The maximum absolute atomic E-state index is 12.2. The van der Waals surface area contributed by atoms with Gasteiger partial charge in [-0.2, -0.15) is 0 Å². The first-order valence-electron chi connectivity index (χ1n) is 7.62. The number of hydrogen-bond acceptors (Lipinski definition) is 5. The molecule has 0 saturated carbocycles. The summed E-state index contributed by atoms with van der Waals surface area (Å²) in [6.07, 6.45) is -3.65. The first kappa shape index (κ1) is 16.4. The number of ether oxygens (including phenoxy) is 1. The lowest BCUT2D eigenvalue weighted by Crippen LogP contribution is -2.53. The maximum atomic E-state index is 12.2. The van der Waals surface area contributed by atoms with Crippen molar-refractivity contribution in [3.8, 4) is 5.75 Å². The molecule has 1 aliphatic rings. The predicted octanol–water partition coefficient (Wildman–Crippen LogP) is 1.43. The summed E-state index contributed by atoms with van der Waals surface area (Å²) in [5, 5.41) is 21.3. The van der Waals surface area contributed by atoms with E-state index in [0.717, 1.165) is 10.6 Å². The third-order valence-corrected chi connectivity index (χ3v) is 3.99. The van der Waals surface area contributed by atoms with Crippen LogP contribution in [0.25, 0.3) is 0 Å². The van der Waals surface area contributed by atoms with Gasteiger partial charge in [-0.25, -0.2) is 5.06 Å². The van der Waals surface area contributed by atoms with Crippen LogP contribution in [0.5, 0.6) is 5.75 Å². The van der Waals surface area contributed by atoms with Gasteiger partial charge in [-0.05, 0) is 23.3 Å². The summed E-state index contributed by atoms with van der Waals surface area (Å²) < 4.78 is 5.10. The zero-order valence-electron chi connectivity index (χ0n) is 13.2. The van der Waals surface area contributed by atoms with Crippen molar-refractivity contribution in [2.45, 2.75) is 24.9 Å². The molecule has 6 nitrogen and oxygen atoms in total. The lowest BCUT2D eigenvalue weighted by molar-refractivity contribution is -0.270. The largest absolute Gasteiger partial charge is 0.497 e. The summed E-state index contributed by atoms with van der Waals surface area (Å²) in [6, 6.07) is 16.2. The van der Waals surface area contributed by atoms with Gasteiger partial charge in [0.2, 0.25) is 0 Å². The molecular formula is C18H19NO5. The van der Waals surface area contributed by atoms with Gasteiger partial charge in [-0.3, -0.25) is 9.63 Å². The molecule has 0 aliphatic carbocycles. The highest BCUT2D eigenvalue weighted by molar-refractivity contribution is 5.81. The van der Waals surface area contributed by atoms with Gasteiger partial charge in [-0.1, -0.05) is 42.5 Å². The van der Waals surface area contributed by atoms with Gasteiger partial charge < -0.3 is 14.9 Å². The molecular weight excluding hydrogens is 310 g/mol. The van der Waals surface area contributed by atoms with Crippen LogP contribution in [0.4, 0.5) is 0 Å². The Morgan fingerprint density at radius 1 is 1.08 bits per heavy atom. The molecule has 2 N–H and O–H groups in total. The smallest absolute Gasteiger partial charge is 0.278 e. The number of amides is 1. The number of nitrogens with zero attached hydrogens (tertiary/aromatic N) is 1. The third kappa shape index (κ3) is 3.26. The van der Waals surface area contributed by atoms with Crippen LogP contribution in [0.2, 0.25) is 0 Å². The van der Waals surface area contributed by atoms with Crippen molar-refractivity contribution < 1.29 is 24.6 Å². The number of benzene rings is 2. The summed E-state index contributed by atoms with van der Waals surface area (Å²) in [7, 11) is 1.58. The predicted molar refractivity (Wildman–Crippen MR) is 85.8 cm³/mol. The van der Waals surface area contributed by atoms with Crippen LogP contribution in [0.15, 0.2) is 54.6 Å². The molecule has 0 aromatic heterocycles. The van der Waals surface area contributed by atoms with E-state index in [-0.39, 0.29) is 6.54 Å². The quantitative estimate of drug-likeness (QED) is 0.887. The fraction of sp³-hybridized carbons (Fsp3) is 0.278. The molecule has 1 amide bonds. The minimum absolute atomic E-state index is 0.163. The van der Waals surface area contributed by atoms with E-state index in [1.165, 1.54) is 0 Å². The molecule has 3 rings (SSSR count). The van der Waals surface area contributed by atoms with Crippen molar-refractivity contribution in [2.24, 2.45) is 0 Å². The van der Waals surface area contributed by atoms with Crippen molar-refractivity contribution in [1.29, 1.82) is 0 Å². The molecule has 1 saturated heterocycles. The third-order valence-electron chi connectivity index (χ3n) is 3.99. The maximum Gasteiger partial charge on any atom is 0.278 e. The normalized spacial score (nSPS) is 24.0. The summed E-state index contributed by atoms with van der Waals surface area (Å²) >= 11 is 0. The fourth-order valence-electron chi connectivity index (χ4n) is 2.62. The lowest BCUT2D eigenvalue weighted by atomic mass is 9.98. The average molecular weight is 329 g/mol. The minimum atomic E-state index is -1.53. The van der Waals surface area contributed by atoms with Gasteiger partial charge >= 0.3 is 0 Å². The Kier molecular flexibility index (Phi) is 4.80. The van der Waals surface area contributed by atoms with Gasteiger partial charge in [0.15, 0.2) is 6.10 Å². The molecule has 0 spiro atoms. The molecule has 0 unspecified atom stereocenters. The Bertz CT molecular complexity index is 688. The topological polar surface area (TPSA) is 79.2 Å². The van der Waals surface area contributed by atoms with E-state index in [2.05, 4.69) is 0 Å². The highest BCUT2D eigenvalue weighted by Gasteiger charge is 2.42. The highest BCUT2D eigenvalue weighted by Crippen LogP contribution is 2.30. The van der Waals surface area contributed by atoms with Crippen LogP contribution in [0, 0.1) is 0 Å². The molecule has 3 atom stereocenters. The van der Waals surface area contributed by atoms with E-state index in [4.69, 9.17) is 9.57 Å². The van der Waals surface area contributed by atoms with Crippen LogP contribution >= 0.6 is 0 Å². The number of hydrogen-bond donors (Lipinski definition) is 2. The molecule has 1 heterocycles. The van der Waals surface area contributed by atoms with E-state index < -0.39 is 24.2 Å². The Morgan fingerprint density at radius 3 is 2.38 bits per heavy atom. The molecule has 2 aromatic rings. The number of hydroxylamine groups is 2. The summed E-state index contributed by atoms with van der Waals surface area (Å²) in [6.45, 7) is 0.163. The van der Waals surface area contributed by atoms with Crippen molar-refractivity contribution in [1.82, 2.24) is 5.06 Å². The molecule has 1 aliphatic heterocycles. The van der Waals surface area contributed by atoms with E-state index in [1.807, 2.05) is 30.3 Å². The van der Waals surface area contributed by atoms with Gasteiger partial charge in [0, 0.05) is 0 Å². The van der Waals surface area contributed by atoms with Crippen LogP contribution in [0.3, 0.4) is 0 Å². The summed E-state index contributed by atoms with van der Waals surface area (Å²) in [4.78, 5) is 17.9. The second kappa shape index (κ2) is 7.00. The zero-order chi connectivity index (χ0) is 17.1. The van der Waals surface area contributed by atoms with Crippen molar-refractivity contribution in [2.75, 3.05) is 7.11 Å². The summed E-state index contributed by atoms with van der Waals surface area (Å²) in [5.41, 5.74) is 1.51. The monoisotopic (exact) mass is 329 g/mol. The Morgan fingerprint density at radius 2 is 1.75 bits per heavy atom. The number of methoxy groups -OCH3 is 1. The Hall–Kier alpha value is -2.41. The minimum Gasteiger partial charge on any atom is -0.497 e. The fourth-order valence-corrected chi connectivity index (χ4v) is 2.62. The number of aliphatic hydroxyl groups is 2. The van der Waals surface area contributed by atoms with Gasteiger partial charge in [-0.15, -0.1) is 0 Å². The van der Waals surface area contributed by atoms with Crippen molar-refractivity contribution >= 4 is 5.91 Å². The number of rotatable bonds is 4. The van der Waals surface area contributed by atoms with E-state index in [1.54, 1.807) is 31.4 Å². The number of carbonyl (C=O) groups excluding carboxylic acids is 1. The van der Waals surface area contributed by atoms with Gasteiger partial charge in [0.05, 0.1) is 13.7 Å². The lowest BCUT2D eigenvalue weighted by Gasteiger charge is -2.38. The number of carbonyl (C=O) groups is 1. The molecule has 6 heteroatoms. The Balaban J connectivity index is 1.80. The molecule has 0 bridgehead atoms. The van der Waals surface area contributed by atoms with Crippen molar-refractivity contribution in [3.05, 3.63) is 65.7 Å². The highest BCUT2D eigenvalue weighted by atomic mass is 16.7. The van der Waals surface area contributed by atoms with E-state index >= 15 is 0 Å². The first-order chi connectivity index (χ1) is 11.6. The average Bonchev–Trinajstić information content (AvgIpc) is 2.63. The van der Waals surface area contributed by atoms with E-state index in [0.29, 0.717) is 11.3 Å².